The quantitative estimate of drug-likeness (QED) is 0.526. The van der Waals surface area contributed by atoms with Crippen molar-refractivity contribution >= 4 is 45.8 Å². The number of hydrogen-bond acceptors (Lipinski definition) is 6. The first-order valence-electron chi connectivity index (χ1n) is 9.25. The zero-order chi connectivity index (χ0) is 21.7. The summed E-state index contributed by atoms with van der Waals surface area (Å²) in [7, 11) is 0. The number of amidine groups is 1. The predicted octanol–water partition coefficient (Wildman–Crippen LogP) is 4.10. The molecule has 1 fully saturated rings. The molecule has 1 aliphatic rings. The molecule has 0 spiro atoms. The van der Waals surface area contributed by atoms with Crippen LogP contribution in [0.25, 0.3) is 0 Å². The number of nitrogens with one attached hydrogen (secondary N) is 1. The number of halogens is 1. The van der Waals surface area contributed by atoms with Crippen LogP contribution in [0.3, 0.4) is 0 Å². The highest BCUT2D eigenvalue weighted by molar-refractivity contribution is 8.15. The van der Waals surface area contributed by atoms with Gasteiger partial charge in [-0.15, -0.1) is 0 Å². The number of benzene rings is 2. The van der Waals surface area contributed by atoms with Crippen molar-refractivity contribution < 1.29 is 18.9 Å². The van der Waals surface area contributed by atoms with E-state index in [2.05, 4.69) is 10.3 Å². The average Bonchev–Trinajstić information content (AvgIpc) is 2.99. The Balaban J connectivity index is 1.80. The standard InChI is InChI=1S/C20H19FN4O4S/c1-2-11-24-19(27)17(12-18(26)22-14-8-4-3-7-13(14)21)30-20(24)23-15-9-5-6-10-16(15)25(28)29/h3-10,17H,2,11-12H2,1H3,(H,22,26). The van der Waals surface area contributed by atoms with Gasteiger partial charge in [-0.2, -0.15) is 0 Å². The fourth-order valence-corrected chi connectivity index (χ4v) is 4.08. The fourth-order valence-electron chi connectivity index (χ4n) is 2.90. The lowest BCUT2D eigenvalue weighted by molar-refractivity contribution is -0.384. The molecular weight excluding hydrogens is 411 g/mol. The minimum Gasteiger partial charge on any atom is -0.324 e. The molecule has 1 unspecified atom stereocenters. The first-order valence-corrected chi connectivity index (χ1v) is 10.1. The van der Waals surface area contributed by atoms with Gasteiger partial charge in [0.15, 0.2) is 5.17 Å². The molecule has 0 saturated carbocycles. The van der Waals surface area contributed by atoms with Crippen LogP contribution in [0, 0.1) is 15.9 Å². The SMILES string of the molecule is CCCN1C(=O)C(CC(=O)Nc2ccccc2F)SC1=Nc1ccccc1[N+](=O)[O-]. The molecule has 0 aliphatic carbocycles. The fraction of sp³-hybridized carbons (Fsp3) is 0.250. The third kappa shape index (κ3) is 4.82. The number of anilines is 1. The Labute approximate surface area is 176 Å². The molecule has 1 N–H and O–H groups in total. The Hall–Kier alpha value is -3.27. The van der Waals surface area contributed by atoms with Gasteiger partial charge in [-0.25, -0.2) is 9.38 Å². The lowest BCUT2D eigenvalue weighted by atomic mass is 10.2. The van der Waals surface area contributed by atoms with E-state index in [0.29, 0.717) is 18.1 Å². The molecule has 3 rings (SSSR count). The second kappa shape index (κ2) is 9.49. The van der Waals surface area contributed by atoms with E-state index in [9.17, 15) is 24.1 Å². The van der Waals surface area contributed by atoms with Crippen LogP contribution < -0.4 is 5.32 Å². The number of thioether (sulfide) groups is 1. The molecule has 1 heterocycles. The van der Waals surface area contributed by atoms with Crippen molar-refractivity contribution in [2.45, 2.75) is 25.0 Å². The molecule has 8 nitrogen and oxygen atoms in total. The third-order valence-electron chi connectivity index (χ3n) is 4.28. The molecule has 1 aliphatic heterocycles. The molecule has 1 atom stereocenters. The number of nitrogens with zero attached hydrogens (tertiary/aromatic N) is 3. The van der Waals surface area contributed by atoms with Gasteiger partial charge in [-0.05, 0) is 24.6 Å². The van der Waals surface area contributed by atoms with Crippen molar-refractivity contribution in [1.82, 2.24) is 4.90 Å². The first-order chi connectivity index (χ1) is 14.4. The monoisotopic (exact) mass is 430 g/mol. The van der Waals surface area contributed by atoms with Crippen LogP contribution in [-0.4, -0.2) is 38.6 Å². The zero-order valence-electron chi connectivity index (χ0n) is 16.1. The summed E-state index contributed by atoms with van der Waals surface area (Å²) in [5, 5.41) is 13.3. The maximum Gasteiger partial charge on any atom is 0.294 e. The van der Waals surface area contributed by atoms with Crippen LogP contribution in [0.1, 0.15) is 19.8 Å². The predicted molar refractivity (Wildman–Crippen MR) is 113 cm³/mol. The van der Waals surface area contributed by atoms with E-state index >= 15 is 0 Å². The molecule has 0 aromatic heterocycles. The molecule has 1 saturated heterocycles. The van der Waals surface area contributed by atoms with E-state index in [1.807, 2.05) is 6.92 Å². The molecular formula is C20H19FN4O4S. The van der Waals surface area contributed by atoms with Crippen LogP contribution in [0.15, 0.2) is 53.5 Å². The van der Waals surface area contributed by atoms with Gasteiger partial charge >= 0.3 is 0 Å². The number of aliphatic imine (C=N–C) groups is 1. The molecule has 10 heteroatoms. The van der Waals surface area contributed by atoms with Gasteiger partial charge in [0.05, 0.1) is 10.6 Å². The highest BCUT2D eigenvalue weighted by Gasteiger charge is 2.39. The Morgan fingerprint density at radius 1 is 1.27 bits per heavy atom. The second-order valence-electron chi connectivity index (χ2n) is 6.47. The number of carbonyl (C=O) groups is 2. The summed E-state index contributed by atoms with van der Waals surface area (Å²) in [6.07, 6.45) is 0.476. The minimum absolute atomic E-state index is 0.0390. The highest BCUT2D eigenvalue weighted by Crippen LogP contribution is 2.34. The van der Waals surface area contributed by atoms with Crippen LogP contribution in [0.4, 0.5) is 21.5 Å². The topological polar surface area (TPSA) is 105 Å². The normalized spacial score (nSPS) is 17.4. The highest BCUT2D eigenvalue weighted by atomic mass is 32.2. The van der Waals surface area contributed by atoms with Crippen LogP contribution in [0.2, 0.25) is 0 Å². The summed E-state index contributed by atoms with van der Waals surface area (Å²) in [5.74, 6) is -1.38. The van der Waals surface area contributed by atoms with Crippen LogP contribution >= 0.6 is 11.8 Å². The Kier molecular flexibility index (Phi) is 6.78. The van der Waals surface area contributed by atoms with Gasteiger partial charge in [-0.3, -0.25) is 24.6 Å². The molecule has 2 aromatic carbocycles. The lowest BCUT2D eigenvalue weighted by Gasteiger charge is -2.15. The van der Waals surface area contributed by atoms with Gasteiger partial charge in [0.1, 0.15) is 16.8 Å². The Morgan fingerprint density at radius 3 is 2.67 bits per heavy atom. The zero-order valence-corrected chi connectivity index (χ0v) is 16.9. The van der Waals surface area contributed by atoms with Crippen molar-refractivity contribution in [3.05, 3.63) is 64.5 Å². The van der Waals surface area contributed by atoms with Crippen molar-refractivity contribution in [3.8, 4) is 0 Å². The summed E-state index contributed by atoms with van der Waals surface area (Å²) in [5.41, 5.74) is 0.00256. The maximum absolute atomic E-state index is 13.7. The van der Waals surface area contributed by atoms with E-state index in [1.54, 1.807) is 12.1 Å². The average molecular weight is 430 g/mol. The molecule has 30 heavy (non-hydrogen) atoms. The van der Waals surface area contributed by atoms with Crippen LogP contribution in [-0.2, 0) is 9.59 Å². The summed E-state index contributed by atoms with van der Waals surface area (Å²) in [6.45, 7) is 2.26. The van der Waals surface area contributed by atoms with E-state index in [4.69, 9.17) is 0 Å². The van der Waals surface area contributed by atoms with Crippen molar-refractivity contribution in [1.29, 1.82) is 0 Å². The van der Waals surface area contributed by atoms with Crippen LogP contribution in [0.5, 0.6) is 0 Å². The Morgan fingerprint density at radius 2 is 1.97 bits per heavy atom. The molecule has 0 bridgehead atoms. The van der Waals surface area contributed by atoms with Gasteiger partial charge in [0.25, 0.3) is 5.69 Å². The summed E-state index contributed by atoms with van der Waals surface area (Å²) in [4.78, 5) is 41.6. The van der Waals surface area contributed by atoms with Gasteiger partial charge in [0, 0.05) is 19.0 Å². The number of amides is 2. The number of carbonyl (C=O) groups excluding carboxylic acids is 2. The lowest BCUT2D eigenvalue weighted by Crippen LogP contribution is -2.34. The number of nitro groups is 1. The van der Waals surface area contributed by atoms with Gasteiger partial charge in [-0.1, -0.05) is 43.0 Å². The van der Waals surface area contributed by atoms with E-state index < -0.39 is 21.9 Å². The molecule has 2 aromatic rings. The third-order valence-corrected chi connectivity index (χ3v) is 5.46. The summed E-state index contributed by atoms with van der Waals surface area (Å²) < 4.78 is 13.7. The minimum atomic E-state index is -0.746. The Bertz CT molecular complexity index is 1010. The molecule has 0 radical (unpaired) electrons. The first kappa shape index (κ1) is 21.4. The number of para-hydroxylation sites is 3. The largest absolute Gasteiger partial charge is 0.324 e. The maximum atomic E-state index is 13.7. The van der Waals surface area contributed by atoms with E-state index in [1.165, 1.54) is 41.3 Å². The summed E-state index contributed by atoms with van der Waals surface area (Å²) >= 11 is 1.07. The molecule has 156 valence electrons. The second-order valence-corrected chi connectivity index (χ2v) is 7.64. The van der Waals surface area contributed by atoms with Gasteiger partial charge < -0.3 is 5.32 Å². The van der Waals surface area contributed by atoms with Crippen molar-refractivity contribution in [3.63, 3.8) is 0 Å². The number of nitro benzene ring substituents is 1. The number of rotatable bonds is 7. The smallest absolute Gasteiger partial charge is 0.294 e. The summed E-state index contributed by atoms with van der Waals surface area (Å²) in [6, 6.07) is 11.8. The van der Waals surface area contributed by atoms with E-state index in [-0.39, 0.29) is 29.4 Å². The van der Waals surface area contributed by atoms with E-state index in [0.717, 1.165) is 11.8 Å². The van der Waals surface area contributed by atoms with Crippen molar-refractivity contribution in [2.75, 3.05) is 11.9 Å². The number of hydrogen-bond donors (Lipinski definition) is 1. The van der Waals surface area contributed by atoms with Crippen molar-refractivity contribution in [2.24, 2.45) is 4.99 Å². The molecule has 2 amide bonds. The van der Waals surface area contributed by atoms with Gasteiger partial charge in [0.2, 0.25) is 11.8 Å².